The molecule has 9 nitrogen and oxygen atoms in total. The smallest absolute Gasteiger partial charge is 0.475 e. The maximum absolute atomic E-state index is 10.6. The van der Waals surface area contributed by atoms with Gasteiger partial charge in [-0.15, -0.1) is 0 Å². The molecular weight excluding hydrogens is 429 g/mol. The third-order valence-corrected chi connectivity index (χ3v) is 5.47. The Labute approximate surface area is 183 Å². The van der Waals surface area contributed by atoms with Crippen LogP contribution >= 0.6 is 0 Å². The maximum atomic E-state index is 10.6. The van der Waals surface area contributed by atoms with Gasteiger partial charge in [0.1, 0.15) is 0 Å². The molecule has 0 atom stereocenters. The molecule has 0 unspecified atom stereocenters. The second kappa shape index (κ2) is 10.3. The Hall–Kier alpha value is -2.73. The number of aliphatic carboxylic acids is 1. The van der Waals surface area contributed by atoms with E-state index in [1.54, 1.807) is 0 Å². The van der Waals surface area contributed by atoms with Gasteiger partial charge < -0.3 is 19.3 Å². The highest BCUT2D eigenvalue weighted by Gasteiger charge is 2.38. The summed E-state index contributed by atoms with van der Waals surface area (Å²) in [6, 6.07) is 0. The van der Waals surface area contributed by atoms with Crippen molar-refractivity contribution in [2.24, 2.45) is 7.05 Å². The number of alkyl halides is 3. The van der Waals surface area contributed by atoms with Gasteiger partial charge in [0.25, 0.3) is 0 Å². The van der Waals surface area contributed by atoms with Gasteiger partial charge in [-0.2, -0.15) is 13.2 Å². The number of hydrogen-bond acceptors (Lipinski definition) is 7. The molecule has 2 aliphatic rings. The molecule has 1 saturated heterocycles. The van der Waals surface area contributed by atoms with Crippen LogP contribution in [0.4, 0.5) is 19.1 Å². The average Bonchev–Trinajstić information content (AvgIpc) is 3.03. The first-order valence-electron chi connectivity index (χ1n) is 10.3. The number of morpholine rings is 1. The van der Waals surface area contributed by atoms with Crippen LogP contribution in [0.3, 0.4) is 0 Å². The summed E-state index contributed by atoms with van der Waals surface area (Å²) in [6.07, 6.45) is 0.738. The molecule has 2 aromatic rings. The van der Waals surface area contributed by atoms with Gasteiger partial charge in [0.2, 0.25) is 5.95 Å². The van der Waals surface area contributed by atoms with Crippen molar-refractivity contribution in [1.82, 2.24) is 24.4 Å². The van der Waals surface area contributed by atoms with E-state index in [-0.39, 0.29) is 0 Å². The third kappa shape index (κ3) is 6.16. The van der Waals surface area contributed by atoms with Crippen LogP contribution in [0.25, 0.3) is 0 Å². The zero-order chi connectivity index (χ0) is 23.3. The highest BCUT2D eigenvalue weighted by molar-refractivity contribution is 5.73. The van der Waals surface area contributed by atoms with Gasteiger partial charge in [0.05, 0.1) is 30.9 Å². The molecular formula is C20H27F3N6O3. The van der Waals surface area contributed by atoms with Crippen LogP contribution in [0.15, 0.2) is 12.5 Å². The molecule has 32 heavy (non-hydrogen) atoms. The molecule has 12 heteroatoms. The number of carboxylic acids is 1. The Kier molecular flexibility index (Phi) is 7.67. The molecule has 0 aromatic carbocycles. The van der Waals surface area contributed by atoms with Crippen molar-refractivity contribution in [3.05, 3.63) is 35.2 Å². The zero-order valence-electron chi connectivity index (χ0n) is 18.1. The fraction of sp³-hybridized carbons (Fsp3) is 0.600. The molecule has 0 spiro atoms. The quantitative estimate of drug-likeness (QED) is 0.744. The van der Waals surface area contributed by atoms with Gasteiger partial charge in [-0.1, -0.05) is 0 Å². The van der Waals surface area contributed by atoms with Crippen LogP contribution in [0.2, 0.25) is 0 Å². The number of anilines is 1. The highest BCUT2D eigenvalue weighted by atomic mass is 19.4. The predicted molar refractivity (Wildman–Crippen MR) is 109 cm³/mol. The van der Waals surface area contributed by atoms with Crippen molar-refractivity contribution in [3.63, 3.8) is 0 Å². The van der Waals surface area contributed by atoms with E-state index in [4.69, 9.17) is 24.6 Å². The topological polar surface area (TPSA) is 96.6 Å². The summed E-state index contributed by atoms with van der Waals surface area (Å²) in [4.78, 5) is 27.6. The second-order valence-corrected chi connectivity index (χ2v) is 7.71. The van der Waals surface area contributed by atoms with E-state index in [1.165, 1.54) is 17.0 Å². The van der Waals surface area contributed by atoms with Crippen molar-refractivity contribution in [1.29, 1.82) is 0 Å². The fourth-order valence-electron chi connectivity index (χ4n) is 3.65. The third-order valence-electron chi connectivity index (χ3n) is 5.47. The normalized spacial score (nSPS) is 17.2. The molecule has 0 aliphatic carbocycles. The summed E-state index contributed by atoms with van der Waals surface area (Å²) < 4.78 is 39.3. The SMILES string of the molecule is Cc1nc(N2CCOCC2)nc2c1CCN(Cc1cncn1C)CC2.O=C(O)C(F)(F)F. The Morgan fingerprint density at radius 2 is 1.81 bits per heavy atom. The number of ether oxygens (including phenoxy) is 1. The average molecular weight is 456 g/mol. The number of aromatic nitrogens is 4. The summed E-state index contributed by atoms with van der Waals surface area (Å²) in [7, 11) is 2.05. The molecule has 0 saturated carbocycles. The minimum atomic E-state index is -5.08. The van der Waals surface area contributed by atoms with Gasteiger partial charge >= 0.3 is 12.1 Å². The molecule has 4 heterocycles. The van der Waals surface area contributed by atoms with Crippen LogP contribution in [-0.2, 0) is 36.0 Å². The molecule has 4 rings (SSSR count). The van der Waals surface area contributed by atoms with Crippen LogP contribution in [0, 0.1) is 6.92 Å². The van der Waals surface area contributed by atoms with Crippen molar-refractivity contribution in [2.45, 2.75) is 32.5 Å². The van der Waals surface area contributed by atoms with Gasteiger partial charge in [-0.25, -0.2) is 19.7 Å². The molecule has 0 radical (unpaired) electrons. The molecule has 176 valence electrons. The number of imidazole rings is 1. The van der Waals surface area contributed by atoms with Gasteiger partial charge in [-0.05, 0) is 18.9 Å². The first-order chi connectivity index (χ1) is 15.1. The minimum Gasteiger partial charge on any atom is -0.475 e. The summed E-state index contributed by atoms with van der Waals surface area (Å²) in [5.41, 5.74) is 4.95. The summed E-state index contributed by atoms with van der Waals surface area (Å²) >= 11 is 0. The van der Waals surface area contributed by atoms with Crippen LogP contribution < -0.4 is 4.90 Å². The standard InChI is InChI=1S/C18H26N6O.C2HF3O2/c1-14-16-3-5-23(12-15-11-19-13-22(15)2)6-4-17(16)21-18(20-14)24-7-9-25-10-8-24;3-2(4,5)1(6)7/h11,13H,3-10,12H2,1-2H3;(H,6,7). The van der Waals surface area contributed by atoms with Gasteiger partial charge in [0.15, 0.2) is 0 Å². The number of nitrogens with zero attached hydrogens (tertiary/aromatic N) is 6. The Morgan fingerprint density at radius 1 is 1.16 bits per heavy atom. The lowest BCUT2D eigenvalue weighted by atomic mass is 10.1. The molecule has 1 fully saturated rings. The number of hydrogen-bond donors (Lipinski definition) is 1. The number of aryl methyl sites for hydroxylation is 2. The van der Waals surface area contributed by atoms with Gasteiger partial charge in [0, 0.05) is 58.1 Å². The van der Waals surface area contributed by atoms with Crippen molar-refractivity contribution in [2.75, 3.05) is 44.3 Å². The Morgan fingerprint density at radius 3 is 2.41 bits per heavy atom. The van der Waals surface area contributed by atoms with Crippen LogP contribution in [0.1, 0.15) is 22.6 Å². The van der Waals surface area contributed by atoms with Crippen molar-refractivity contribution in [3.8, 4) is 0 Å². The van der Waals surface area contributed by atoms with E-state index in [0.29, 0.717) is 0 Å². The number of halogens is 3. The molecule has 0 amide bonds. The van der Waals surface area contributed by atoms with E-state index < -0.39 is 12.1 Å². The van der Waals surface area contributed by atoms with E-state index in [0.717, 1.165) is 70.4 Å². The van der Waals surface area contributed by atoms with Crippen LogP contribution in [0.5, 0.6) is 0 Å². The van der Waals surface area contributed by atoms with E-state index >= 15 is 0 Å². The first kappa shape index (κ1) is 23.9. The van der Waals surface area contributed by atoms with Crippen LogP contribution in [-0.4, -0.2) is 81.1 Å². The van der Waals surface area contributed by atoms with E-state index in [9.17, 15) is 13.2 Å². The molecule has 2 aromatic heterocycles. The number of fused-ring (bicyclic) bond motifs is 1. The minimum absolute atomic E-state index is 0.762. The number of carboxylic acid groups (broad SMARTS) is 1. The first-order valence-corrected chi connectivity index (χ1v) is 10.3. The maximum Gasteiger partial charge on any atom is 0.490 e. The second-order valence-electron chi connectivity index (χ2n) is 7.71. The van der Waals surface area contributed by atoms with Crippen molar-refractivity contribution < 1.29 is 27.8 Å². The van der Waals surface area contributed by atoms with E-state index in [1.807, 2.05) is 12.5 Å². The van der Waals surface area contributed by atoms with Crippen molar-refractivity contribution >= 4 is 11.9 Å². The van der Waals surface area contributed by atoms with E-state index in [2.05, 4.69) is 33.3 Å². The fourth-order valence-corrected chi connectivity index (χ4v) is 3.65. The lowest BCUT2D eigenvalue weighted by molar-refractivity contribution is -0.192. The summed E-state index contributed by atoms with van der Waals surface area (Å²) in [6.45, 7) is 8.41. The predicted octanol–water partition coefficient (Wildman–Crippen LogP) is 1.59. The monoisotopic (exact) mass is 456 g/mol. The molecule has 2 aliphatic heterocycles. The number of carbonyl (C=O) groups is 1. The largest absolute Gasteiger partial charge is 0.490 e. The number of rotatable bonds is 3. The molecule has 0 bridgehead atoms. The summed E-state index contributed by atoms with van der Waals surface area (Å²) in [5.74, 6) is -1.88. The Bertz CT molecular complexity index is 928. The highest BCUT2D eigenvalue weighted by Crippen LogP contribution is 2.22. The Balaban J connectivity index is 0.000000360. The lowest BCUT2D eigenvalue weighted by Crippen LogP contribution is -2.37. The lowest BCUT2D eigenvalue weighted by Gasteiger charge is -2.27. The molecule has 1 N–H and O–H groups in total. The zero-order valence-corrected chi connectivity index (χ0v) is 18.1. The summed E-state index contributed by atoms with van der Waals surface area (Å²) in [5, 5.41) is 7.12. The van der Waals surface area contributed by atoms with Gasteiger partial charge in [-0.3, -0.25) is 4.90 Å².